The number of hydrogen-bond donors (Lipinski definition) is 1. The second kappa shape index (κ2) is 6.33. The van der Waals surface area contributed by atoms with Crippen molar-refractivity contribution >= 4 is 42.4 Å². The van der Waals surface area contributed by atoms with Crippen LogP contribution in [0.4, 0.5) is 5.13 Å². The minimum atomic E-state index is -3.35. The van der Waals surface area contributed by atoms with Gasteiger partial charge in [-0.2, -0.15) is 0 Å². The Labute approximate surface area is 144 Å². The van der Waals surface area contributed by atoms with Gasteiger partial charge in [-0.3, -0.25) is 10.1 Å². The van der Waals surface area contributed by atoms with Gasteiger partial charge in [0.1, 0.15) is 0 Å². The number of benzene rings is 2. The number of nitrogens with zero attached hydrogens (tertiary/aromatic N) is 1. The number of carbonyl (C=O) groups is 1. The highest BCUT2D eigenvalue weighted by Crippen LogP contribution is 2.28. The number of nitrogens with one attached hydrogen (secondary N) is 1. The molecule has 0 aliphatic rings. The molecule has 0 fully saturated rings. The number of aromatic nitrogens is 1. The minimum Gasteiger partial charge on any atom is -0.298 e. The van der Waals surface area contributed by atoms with Gasteiger partial charge in [-0.25, -0.2) is 13.4 Å². The van der Waals surface area contributed by atoms with E-state index in [4.69, 9.17) is 0 Å². The Morgan fingerprint density at radius 2 is 1.96 bits per heavy atom. The Bertz CT molecular complexity index is 1020. The number of amides is 1. The summed E-state index contributed by atoms with van der Waals surface area (Å²) < 4.78 is 24.9. The molecule has 7 heteroatoms. The lowest BCUT2D eigenvalue weighted by atomic mass is 10.2. The Morgan fingerprint density at radius 1 is 1.21 bits per heavy atom. The van der Waals surface area contributed by atoms with Crippen molar-refractivity contribution in [2.24, 2.45) is 0 Å². The van der Waals surface area contributed by atoms with Crippen molar-refractivity contribution in [2.75, 3.05) is 11.1 Å². The van der Waals surface area contributed by atoms with Crippen LogP contribution in [-0.2, 0) is 9.84 Å². The molecule has 1 amide bonds. The van der Waals surface area contributed by atoms with Crippen molar-refractivity contribution in [1.82, 2.24) is 4.98 Å². The Hall–Kier alpha value is -2.25. The van der Waals surface area contributed by atoms with E-state index in [-0.39, 0.29) is 16.6 Å². The zero-order valence-electron chi connectivity index (χ0n) is 13.2. The minimum absolute atomic E-state index is 0.00474. The SMILES string of the molecule is CCS(=O)(=O)c1cccc(C(=O)Nc2nc3c(C)cccc3s2)c1. The fourth-order valence-electron chi connectivity index (χ4n) is 2.31. The molecule has 0 spiro atoms. The average Bonchev–Trinajstić information content (AvgIpc) is 2.99. The average molecular weight is 360 g/mol. The zero-order valence-corrected chi connectivity index (χ0v) is 14.9. The van der Waals surface area contributed by atoms with Crippen LogP contribution in [0.3, 0.4) is 0 Å². The van der Waals surface area contributed by atoms with Gasteiger partial charge in [0.05, 0.1) is 20.9 Å². The molecule has 2 aromatic carbocycles. The lowest BCUT2D eigenvalue weighted by Crippen LogP contribution is -2.13. The normalized spacial score (nSPS) is 11.6. The number of para-hydroxylation sites is 1. The summed E-state index contributed by atoms with van der Waals surface area (Å²) in [6.45, 7) is 3.54. The van der Waals surface area contributed by atoms with E-state index in [2.05, 4.69) is 10.3 Å². The van der Waals surface area contributed by atoms with Crippen LogP contribution in [0.1, 0.15) is 22.8 Å². The maximum atomic E-state index is 12.4. The molecule has 5 nitrogen and oxygen atoms in total. The molecule has 0 aliphatic carbocycles. The zero-order chi connectivity index (χ0) is 17.3. The van der Waals surface area contributed by atoms with Crippen molar-refractivity contribution in [3.63, 3.8) is 0 Å². The van der Waals surface area contributed by atoms with Gasteiger partial charge in [0.15, 0.2) is 15.0 Å². The van der Waals surface area contributed by atoms with E-state index in [0.29, 0.717) is 10.7 Å². The summed E-state index contributed by atoms with van der Waals surface area (Å²) in [5.41, 5.74) is 2.20. The predicted molar refractivity (Wildman–Crippen MR) is 96.5 cm³/mol. The molecular formula is C17H16N2O3S2. The molecule has 0 unspecified atom stereocenters. The summed E-state index contributed by atoms with van der Waals surface area (Å²) in [5, 5.41) is 3.24. The predicted octanol–water partition coefficient (Wildman–Crippen LogP) is 3.65. The van der Waals surface area contributed by atoms with E-state index in [1.54, 1.807) is 19.1 Å². The standard InChI is InChI=1S/C17H16N2O3S2/c1-3-24(21,22)13-8-5-7-12(10-13)16(20)19-17-18-15-11(2)6-4-9-14(15)23-17/h4-10H,3H2,1-2H3,(H,18,19,20). The number of hydrogen-bond acceptors (Lipinski definition) is 5. The number of sulfone groups is 1. The number of fused-ring (bicyclic) bond motifs is 1. The van der Waals surface area contributed by atoms with Gasteiger partial charge in [0.2, 0.25) is 0 Å². The van der Waals surface area contributed by atoms with E-state index in [9.17, 15) is 13.2 Å². The molecule has 0 atom stereocenters. The first-order valence-electron chi connectivity index (χ1n) is 7.41. The molecule has 124 valence electrons. The maximum Gasteiger partial charge on any atom is 0.257 e. The highest BCUT2D eigenvalue weighted by atomic mass is 32.2. The Balaban J connectivity index is 1.89. The molecule has 0 saturated carbocycles. The third-order valence-electron chi connectivity index (χ3n) is 3.68. The van der Waals surface area contributed by atoms with Crippen LogP contribution in [0.15, 0.2) is 47.4 Å². The van der Waals surface area contributed by atoms with E-state index >= 15 is 0 Å². The Kier molecular flexibility index (Phi) is 4.38. The van der Waals surface area contributed by atoms with E-state index in [1.807, 2.05) is 25.1 Å². The third-order valence-corrected chi connectivity index (χ3v) is 6.34. The van der Waals surface area contributed by atoms with Gasteiger partial charge in [-0.15, -0.1) is 0 Å². The number of anilines is 1. The molecule has 3 aromatic rings. The van der Waals surface area contributed by atoms with Gasteiger partial charge in [0.25, 0.3) is 5.91 Å². The molecule has 1 heterocycles. The number of aryl methyl sites for hydroxylation is 1. The van der Waals surface area contributed by atoms with E-state index < -0.39 is 9.84 Å². The van der Waals surface area contributed by atoms with E-state index in [0.717, 1.165) is 15.8 Å². The van der Waals surface area contributed by atoms with Crippen LogP contribution in [0, 0.1) is 6.92 Å². The van der Waals surface area contributed by atoms with Gasteiger partial charge in [-0.05, 0) is 36.8 Å². The van der Waals surface area contributed by atoms with Gasteiger partial charge < -0.3 is 0 Å². The number of thiazole rings is 1. The molecule has 1 N–H and O–H groups in total. The second-order valence-corrected chi connectivity index (χ2v) is 8.63. The fraction of sp³-hybridized carbons (Fsp3) is 0.176. The van der Waals surface area contributed by atoms with Gasteiger partial charge in [0, 0.05) is 5.56 Å². The van der Waals surface area contributed by atoms with E-state index in [1.165, 1.54) is 23.5 Å². The molecule has 0 radical (unpaired) electrons. The smallest absolute Gasteiger partial charge is 0.257 e. The largest absolute Gasteiger partial charge is 0.298 e. The maximum absolute atomic E-state index is 12.4. The summed E-state index contributed by atoms with van der Waals surface area (Å²) in [7, 11) is -3.35. The summed E-state index contributed by atoms with van der Waals surface area (Å²) >= 11 is 1.39. The number of rotatable bonds is 4. The molecule has 0 bridgehead atoms. The van der Waals surface area contributed by atoms with Gasteiger partial charge in [-0.1, -0.05) is 36.5 Å². The van der Waals surface area contributed by atoms with Crippen molar-refractivity contribution in [3.8, 4) is 0 Å². The summed E-state index contributed by atoms with van der Waals surface area (Å²) in [6, 6.07) is 11.9. The van der Waals surface area contributed by atoms with Crippen molar-refractivity contribution in [3.05, 3.63) is 53.6 Å². The highest BCUT2D eigenvalue weighted by Gasteiger charge is 2.15. The van der Waals surface area contributed by atoms with Crippen molar-refractivity contribution in [1.29, 1.82) is 0 Å². The first-order valence-corrected chi connectivity index (χ1v) is 9.88. The first kappa shape index (κ1) is 16.6. The summed E-state index contributed by atoms with van der Waals surface area (Å²) in [6.07, 6.45) is 0. The summed E-state index contributed by atoms with van der Waals surface area (Å²) in [5.74, 6) is -0.380. The topological polar surface area (TPSA) is 76.1 Å². The highest BCUT2D eigenvalue weighted by molar-refractivity contribution is 7.91. The lowest BCUT2D eigenvalue weighted by Gasteiger charge is -2.05. The molecule has 1 aromatic heterocycles. The second-order valence-electron chi connectivity index (χ2n) is 5.33. The Morgan fingerprint density at radius 3 is 2.67 bits per heavy atom. The van der Waals surface area contributed by atoms with Crippen LogP contribution in [0.2, 0.25) is 0 Å². The number of carbonyl (C=O) groups excluding carboxylic acids is 1. The lowest BCUT2D eigenvalue weighted by molar-refractivity contribution is 0.102. The summed E-state index contributed by atoms with van der Waals surface area (Å²) in [4.78, 5) is 17.0. The molecule has 0 aliphatic heterocycles. The monoisotopic (exact) mass is 360 g/mol. The quantitative estimate of drug-likeness (QED) is 0.770. The van der Waals surface area contributed by atoms with Gasteiger partial charge >= 0.3 is 0 Å². The van der Waals surface area contributed by atoms with Crippen molar-refractivity contribution in [2.45, 2.75) is 18.7 Å². The van der Waals surface area contributed by atoms with Crippen LogP contribution >= 0.6 is 11.3 Å². The molecule has 3 rings (SSSR count). The van der Waals surface area contributed by atoms with Crippen LogP contribution in [-0.4, -0.2) is 25.1 Å². The van der Waals surface area contributed by atoms with Crippen LogP contribution < -0.4 is 5.32 Å². The van der Waals surface area contributed by atoms with Crippen LogP contribution in [0.5, 0.6) is 0 Å². The molecular weight excluding hydrogens is 344 g/mol. The fourth-order valence-corrected chi connectivity index (χ4v) is 4.17. The molecule has 24 heavy (non-hydrogen) atoms. The molecule has 0 saturated heterocycles. The third kappa shape index (κ3) is 3.18. The first-order chi connectivity index (χ1) is 11.4. The van der Waals surface area contributed by atoms with Crippen molar-refractivity contribution < 1.29 is 13.2 Å². The van der Waals surface area contributed by atoms with Crippen LogP contribution in [0.25, 0.3) is 10.2 Å².